The molecule has 0 atom stereocenters. The number of benzene rings is 1. The molecule has 12 heteroatoms. The molecule has 0 saturated carbocycles. The normalized spacial score (nSPS) is 14.1. The van der Waals surface area contributed by atoms with Crippen LogP contribution < -0.4 is 10.6 Å². The van der Waals surface area contributed by atoms with E-state index >= 15 is 0 Å². The number of aromatic nitrogens is 2. The maximum absolute atomic E-state index is 12.8. The Morgan fingerprint density at radius 2 is 2.06 bits per heavy atom. The van der Waals surface area contributed by atoms with E-state index in [1.165, 1.54) is 29.5 Å². The Morgan fingerprint density at radius 1 is 1.25 bits per heavy atom. The number of nitrogens with one attached hydrogen (secondary N) is 2. The van der Waals surface area contributed by atoms with Crippen LogP contribution in [-0.4, -0.2) is 39.9 Å². The zero-order valence-electron chi connectivity index (χ0n) is 16.8. The maximum atomic E-state index is 12.8. The first-order chi connectivity index (χ1) is 15.2. The Balaban J connectivity index is 1.34. The van der Waals surface area contributed by atoms with Gasteiger partial charge in [0.15, 0.2) is 10.8 Å². The monoisotopic (exact) mass is 465 g/mol. The minimum absolute atomic E-state index is 0.0213. The summed E-state index contributed by atoms with van der Waals surface area (Å²) in [5, 5.41) is 9.30. The number of carbonyl (C=O) groups excluding carboxylic acids is 2. The number of carbonyl (C=O) groups is 2. The van der Waals surface area contributed by atoms with E-state index < -0.39 is 23.6 Å². The predicted molar refractivity (Wildman–Crippen MR) is 110 cm³/mol. The van der Waals surface area contributed by atoms with E-state index in [1.807, 2.05) is 4.90 Å². The van der Waals surface area contributed by atoms with Crippen molar-refractivity contribution in [2.45, 2.75) is 26.1 Å². The fourth-order valence-corrected chi connectivity index (χ4v) is 4.29. The fourth-order valence-electron chi connectivity index (χ4n) is 3.25. The van der Waals surface area contributed by atoms with E-state index in [4.69, 9.17) is 4.52 Å². The highest BCUT2D eigenvalue weighted by Crippen LogP contribution is 2.31. The smallest absolute Gasteiger partial charge is 0.361 e. The van der Waals surface area contributed by atoms with Gasteiger partial charge in [0, 0.05) is 36.1 Å². The number of amides is 2. The van der Waals surface area contributed by atoms with E-state index in [2.05, 4.69) is 20.8 Å². The first kappa shape index (κ1) is 22.0. The Morgan fingerprint density at radius 3 is 2.78 bits per heavy atom. The van der Waals surface area contributed by atoms with Gasteiger partial charge in [-0.3, -0.25) is 19.8 Å². The van der Waals surface area contributed by atoms with Crippen LogP contribution in [0.25, 0.3) is 0 Å². The average Bonchev–Trinajstić information content (AvgIpc) is 3.32. The van der Waals surface area contributed by atoms with Gasteiger partial charge in [0.05, 0.1) is 17.8 Å². The summed E-state index contributed by atoms with van der Waals surface area (Å²) < 4.78 is 43.4. The summed E-state index contributed by atoms with van der Waals surface area (Å²) in [6.07, 6.45) is -3.89. The number of nitrogens with zero attached hydrogens (tertiary/aromatic N) is 3. The maximum Gasteiger partial charge on any atom is 0.416 e. The van der Waals surface area contributed by atoms with E-state index in [1.54, 1.807) is 6.92 Å². The molecule has 0 saturated heterocycles. The highest BCUT2D eigenvalue weighted by molar-refractivity contribution is 7.15. The van der Waals surface area contributed by atoms with Gasteiger partial charge in [-0.1, -0.05) is 11.2 Å². The van der Waals surface area contributed by atoms with Crippen molar-refractivity contribution in [1.82, 2.24) is 15.0 Å². The van der Waals surface area contributed by atoms with Crippen LogP contribution in [0.2, 0.25) is 0 Å². The number of hydrogen-bond donors (Lipinski definition) is 2. The minimum atomic E-state index is -4.48. The molecule has 1 aromatic carbocycles. The quantitative estimate of drug-likeness (QED) is 0.596. The number of fused-ring (bicyclic) bond motifs is 1. The summed E-state index contributed by atoms with van der Waals surface area (Å²) in [7, 11) is 0. The molecule has 168 valence electrons. The number of aryl methyl sites for hydroxylation is 1. The van der Waals surface area contributed by atoms with Crippen molar-refractivity contribution in [3.05, 3.63) is 57.9 Å². The largest absolute Gasteiger partial charge is 0.416 e. The summed E-state index contributed by atoms with van der Waals surface area (Å²) in [6, 6.07) is 6.04. The van der Waals surface area contributed by atoms with Crippen LogP contribution >= 0.6 is 11.3 Å². The molecule has 1 aliphatic heterocycles. The van der Waals surface area contributed by atoms with Gasteiger partial charge in [-0.25, -0.2) is 4.98 Å². The van der Waals surface area contributed by atoms with Gasteiger partial charge in [0.1, 0.15) is 5.76 Å². The lowest BCUT2D eigenvalue weighted by molar-refractivity contribution is -0.137. The van der Waals surface area contributed by atoms with Gasteiger partial charge < -0.3 is 9.84 Å². The molecule has 1 aliphatic rings. The fraction of sp³-hybridized carbons (Fsp3) is 0.300. The van der Waals surface area contributed by atoms with Gasteiger partial charge in [0.2, 0.25) is 5.91 Å². The third-order valence-electron chi connectivity index (χ3n) is 4.73. The Kier molecular flexibility index (Phi) is 5.98. The van der Waals surface area contributed by atoms with E-state index in [-0.39, 0.29) is 17.9 Å². The van der Waals surface area contributed by atoms with Gasteiger partial charge in [-0.2, -0.15) is 13.2 Å². The highest BCUT2D eigenvalue weighted by atomic mass is 32.1. The van der Waals surface area contributed by atoms with Gasteiger partial charge in [-0.05, 0) is 25.1 Å². The Labute approximate surface area is 184 Å². The number of anilines is 2. The second-order valence-electron chi connectivity index (χ2n) is 7.25. The van der Waals surface area contributed by atoms with Crippen LogP contribution in [0.4, 0.5) is 24.0 Å². The zero-order chi connectivity index (χ0) is 22.9. The van der Waals surface area contributed by atoms with Crippen molar-refractivity contribution in [2.75, 3.05) is 23.7 Å². The van der Waals surface area contributed by atoms with Crippen molar-refractivity contribution >= 4 is 34.0 Å². The molecule has 3 aromatic rings. The Bertz CT molecular complexity index is 1160. The molecule has 0 bridgehead atoms. The lowest BCUT2D eigenvalue weighted by Crippen LogP contribution is -2.36. The molecular weight excluding hydrogens is 447 g/mol. The van der Waals surface area contributed by atoms with Gasteiger partial charge in [0.25, 0.3) is 5.91 Å². The van der Waals surface area contributed by atoms with Crippen LogP contribution in [0, 0.1) is 6.92 Å². The molecule has 3 heterocycles. The van der Waals surface area contributed by atoms with Gasteiger partial charge in [-0.15, -0.1) is 11.3 Å². The third kappa shape index (κ3) is 5.14. The predicted octanol–water partition coefficient (Wildman–Crippen LogP) is 3.71. The van der Waals surface area contributed by atoms with Crippen LogP contribution in [0.1, 0.15) is 32.4 Å². The van der Waals surface area contributed by atoms with Crippen molar-refractivity contribution in [3.63, 3.8) is 0 Å². The summed E-state index contributed by atoms with van der Waals surface area (Å²) in [5.41, 5.74) is 0.270. The van der Waals surface area contributed by atoms with Crippen molar-refractivity contribution < 1.29 is 27.3 Å². The molecule has 4 rings (SSSR count). The number of thiazole rings is 1. The molecule has 2 amide bonds. The molecule has 32 heavy (non-hydrogen) atoms. The summed E-state index contributed by atoms with van der Waals surface area (Å²) in [4.78, 5) is 31.8. The van der Waals surface area contributed by atoms with Gasteiger partial charge >= 0.3 is 6.18 Å². The van der Waals surface area contributed by atoms with Crippen molar-refractivity contribution in [2.24, 2.45) is 0 Å². The zero-order valence-corrected chi connectivity index (χ0v) is 17.6. The molecule has 0 unspecified atom stereocenters. The van der Waals surface area contributed by atoms with Crippen LogP contribution in [0.5, 0.6) is 0 Å². The van der Waals surface area contributed by atoms with E-state index in [0.717, 1.165) is 22.7 Å². The molecule has 0 spiro atoms. The SMILES string of the molecule is Cc1cc(C(=O)Nc2nc3c(s2)CN(CC(=O)Nc2cccc(C(F)(F)F)c2)CC3)no1. The second-order valence-corrected chi connectivity index (χ2v) is 8.34. The Hall–Kier alpha value is -3.25. The lowest BCUT2D eigenvalue weighted by atomic mass is 10.1. The number of alkyl halides is 3. The molecule has 8 nitrogen and oxygen atoms in total. The number of hydrogen-bond acceptors (Lipinski definition) is 7. The molecule has 0 fully saturated rings. The molecular formula is C20H18F3N5O3S. The number of rotatable bonds is 5. The van der Waals surface area contributed by atoms with Crippen molar-refractivity contribution in [1.29, 1.82) is 0 Å². The third-order valence-corrected chi connectivity index (χ3v) is 5.73. The molecule has 0 radical (unpaired) electrons. The molecule has 2 N–H and O–H groups in total. The number of halogens is 3. The molecule has 2 aromatic heterocycles. The standard InChI is InChI=1S/C20H18F3N5O3S/c1-11-7-15(27-31-11)18(30)26-19-25-14-5-6-28(9-16(14)32-19)10-17(29)24-13-4-2-3-12(8-13)20(21,22)23/h2-4,7-8H,5-6,9-10H2,1H3,(H,24,29)(H,25,26,30). The molecule has 0 aliphatic carbocycles. The summed E-state index contributed by atoms with van der Waals surface area (Å²) in [5.74, 6) is -0.315. The summed E-state index contributed by atoms with van der Waals surface area (Å²) >= 11 is 1.30. The first-order valence-corrected chi connectivity index (χ1v) is 10.4. The minimum Gasteiger partial charge on any atom is -0.361 e. The van der Waals surface area contributed by atoms with Crippen molar-refractivity contribution in [3.8, 4) is 0 Å². The highest BCUT2D eigenvalue weighted by Gasteiger charge is 2.30. The van der Waals surface area contributed by atoms with E-state index in [9.17, 15) is 22.8 Å². The lowest BCUT2D eigenvalue weighted by Gasteiger charge is -2.25. The van der Waals surface area contributed by atoms with Crippen LogP contribution in [0.3, 0.4) is 0 Å². The topological polar surface area (TPSA) is 100 Å². The van der Waals surface area contributed by atoms with Crippen LogP contribution in [-0.2, 0) is 23.9 Å². The van der Waals surface area contributed by atoms with Crippen LogP contribution in [0.15, 0.2) is 34.9 Å². The average molecular weight is 465 g/mol. The summed E-state index contributed by atoms with van der Waals surface area (Å²) in [6.45, 7) is 2.71. The second kappa shape index (κ2) is 8.71. The first-order valence-electron chi connectivity index (χ1n) is 9.60. The van der Waals surface area contributed by atoms with E-state index in [0.29, 0.717) is 30.4 Å².